The lowest BCUT2D eigenvalue weighted by molar-refractivity contribution is -0.122. The normalized spacial score (nSPS) is 20.1. The first kappa shape index (κ1) is 26.4. The molecule has 2 amide bonds. The van der Waals surface area contributed by atoms with Crippen molar-refractivity contribution in [3.63, 3.8) is 0 Å². The number of fused-ring (bicyclic) bond motifs is 2. The smallest absolute Gasteiger partial charge is 0.238 e. The van der Waals surface area contributed by atoms with Gasteiger partial charge in [0.25, 0.3) is 0 Å². The van der Waals surface area contributed by atoms with E-state index in [1.165, 1.54) is 25.2 Å². The molecule has 0 radical (unpaired) electrons. The van der Waals surface area contributed by atoms with Gasteiger partial charge in [0.1, 0.15) is 34.0 Å². The Balaban J connectivity index is 1.59. The van der Waals surface area contributed by atoms with Gasteiger partial charge in [0.15, 0.2) is 5.43 Å². The van der Waals surface area contributed by atoms with Gasteiger partial charge in [-0.15, -0.1) is 0 Å². The van der Waals surface area contributed by atoms with E-state index in [1.54, 1.807) is 61.7 Å². The predicted octanol–water partition coefficient (Wildman–Crippen LogP) is 5.73. The van der Waals surface area contributed by atoms with Crippen molar-refractivity contribution in [3.05, 3.63) is 94.2 Å². The lowest BCUT2D eigenvalue weighted by Gasteiger charge is -2.30. The van der Waals surface area contributed by atoms with Crippen LogP contribution in [0.4, 0.5) is 5.69 Å². The van der Waals surface area contributed by atoms with Gasteiger partial charge >= 0.3 is 0 Å². The van der Waals surface area contributed by atoms with Crippen LogP contribution in [-0.4, -0.2) is 33.1 Å². The molecule has 3 aromatic carbocycles. The monoisotopic (exact) mass is 551 g/mol. The van der Waals surface area contributed by atoms with Crippen LogP contribution in [0.3, 0.4) is 0 Å². The molecule has 1 aliphatic heterocycles. The second-order valence-corrected chi connectivity index (χ2v) is 10.3. The van der Waals surface area contributed by atoms with Gasteiger partial charge in [-0.3, -0.25) is 19.3 Å². The van der Waals surface area contributed by atoms with Gasteiger partial charge < -0.3 is 18.6 Å². The summed E-state index contributed by atoms with van der Waals surface area (Å²) in [5.74, 6) is -0.669. The summed E-state index contributed by atoms with van der Waals surface area (Å²) >= 11 is 0. The van der Waals surface area contributed by atoms with Crippen LogP contribution in [0.1, 0.15) is 24.8 Å². The number of nitrogens with zero attached hydrogens (tertiary/aromatic N) is 1. The summed E-state index contributed by atoms with van der Waals surface area (Å²) in [6.45, 7) is 1.95. The summed E-state index contributed by atoms with van der Waals surface area (Å²) < 4.78 is 23.2. The molecule has 1 aromatic heterocycles. The molecule has 41 heavy (non-hydrogen) atoms. The molecule has 8 nitrogen and oxygen atoms in total. The van der Waals surface area contributed by atoms with Crippen LogP contribution in [-0.2, 0) is 9.59 Å². The van der Waals surface area contributed by atoms with Gasteiger partial charge in [-0.25, -0.2) is 0 Å². The number of benzene rings is 3. The van der Waals surface area contributed by atoms with Crippen LogP contribution in [0.15, 0.2) is 87.6 Å². The standard InChI is InChI=1S/C33H29NO7/c1-18-14-22(28-23(15-18)32(36)34(33(28)37)20-8-6-5-7-9-20)29-26(39-3)17-27(40-4)30-24(35)16-25(41-31(29)30)19-10-12-21(38-2)13-11-19/h5-14,16-17,22-23,28H,15H2,1-4H3. The summed E-state index contributed by atoms with van der Waals surface area (Å²) in [6.07, 6.45) is 2.46. The van der Waals surface area contributed by atoms with E-state index in [2.05, 4.69) is 0 Å². The molecule has 3 unspecified atom stereocenters. The molecule has 3 atom stereocenters. The van der Waals surface area contributed by atoms with Crippen LogP contribution in [0, 0.1) is 11.8 Å². The first-order valence-corrected chi connectivity index (χ1v) is 13.3. The molecule has 1 saturated heterocycles. The Morgan fingerprint density at radius 2 is 1.54 bits per heavy atom. The van der Waals surface area contributed by atoms with E-state index >= 15 is 0 Å². The topological polar surface area (TPSA) is 95.3 Å². The summed E-state index contributed by atoms with van der Waals surface area (Å²) in [7, 11) is 4.57. The highest BCUT2D eigenvalue weighted by molar-refractivity contribution is 6.22. The van der Waals surface area contributed by atoms with E-state index in [9.17, 15) is 14.4 Å². The number of para-hydroxylation sites is 1. The van der Waals surface area contributed by atoms with Gasteiger partial charge in [0, 0.05) is 29.2 Å². The van der Waals surface area contributed by atoms with Crippen LogP contribution in [0.5, 0.6) is 17.2 Å². The van der Waals surface area contributed by atoms with E-state index in [4.69, 9.17) is 18.6 Å². The molecule has 2 aliphatic rings. The Morgan fingerprint density at radius 3 is 2.20 bits per heavy atom. The fourth-order valence-electron chi connectivity index (χ4n) is 6.13. The highest BCUT2D eigenvalue weighted by Crippen LogP contribution is 2.51. The SMILES string of the molecule is COc1ccc(-c2cc(=O)c3c(OC)cc(OC)c(C4C=C(C)CC5C(=O)N(c6ccccc6)C(=O)C54)c3o2)cc1. The second-order valence-electron chi connectivity index (χ2n) is 10.3. The van der Waals surface area contributed by atoms with Crippen molar-refractivity contribution in [2.24, 2.45) is 11.8 Å². The molecule has 0 N–H and O–H groups in total. The van der Waals surface area contributed by atoms with Crippen molar-refractivity contribution in [2.75, 3.05) is 26.2 Å². The summed E-state index contributed by atoms with van der Waals surface area (Å²) in [6, 6.07) is 19.2. The molecular formula is C33H29NO7. The average molecular weight is 552 g/mol. The Hall–Kier alpha value is -4.85. The number of imide groups is 1. The quantitative estimate of drug-likeness (QED) is 0.223. The van der Waals surface area contributed by atoms with E-state index in [1.807, 2.05) is 19.1 Å². The van der Waals surface area contributed by atoms with E-state index < -0.39 is 17.8 Å². The summed E-state index contributed by atoms with van der Waals surface area (Å²) in [4.78, 5) is 42.6. The zero-order chi connectivity index (χ0) is 28.8. The first-order chi connectivity index (χ1) is 19.9. The van der Waals surface area contributed by atoms with E-state index in [0.29, 0.717) is 46.2 Å². The fourth-order valence-corrected chi connectivity index (χ4v) is 6.13. The van der Waals surface area contributed by atoms with Crippen LogP contribution >= 0.6 is 0 Å². The molecule has 208 valence electrons. The van der Waals surface area contributed by atoms with Gasteiger partial charge in [-0.05, 0) is 49.7 Å². The molecule has 6 rings (SSSR count). The van der Waals surface area contributed by atoms with Crippen molar-refractivity contribution >= 4 is 28.5 Å². The average Bonchev–Trinajstić information content (AvgIpc) is 3.24. The van der Waals surface area contributed by atoms with Crippen molar-refractivity contribution in [2.45, 2.75) is 19.3 Å². The highest BCUT2D eigenvalue weighted by Gasteiger charge is 2.53. The number of rotatable bonds is 6. The third kappa shape index (κ3) is 4.27. The van der Waals surface area contributed by atoms with E-state index in [0.717, 1.165) is 5.57 Å². The van der Waals surface area contributed by atoms with Crippen molar-refractivity contribution < 1.29 is 28.2 Å². The van der Waals surface area contributed by atoms with Gasteiger partial charge in [-0.1, -0.05) is 29.8 Å². The minimum Gasteiger partial charge on any atom is -0.497 e. The number of allylic oxidation sites excluding steroid dienone is 2. The molecule has 1 fully saturated rings. The molecule has 0 spiro atoms. The number of amides is 2. The van der Waals surface area contributed by atoms with Crippen molar-refractivity contribution in [1.29, 1.82) is 0 Å². The molecule has 2 heterocycles. The molecule has 0 saturated carbocycles. The molecule has 0 bridgehead atoms. The Kier molecular flexibility index (Phi) is 6.61. The third-order valence-electron chi connectivity index (χ3n) is 8.00. The predicted molar refractivity (Wildman–Crippen MR) is 155 cm³/mol. The molecule has 4 aromatic rings. The minimum absolute atomic E-state index is 0.235. The Morgan fingerprint density at radius 1 is 0.829 bits per heavy atom. The van der Waals surface area contributed by atoms with Gasteiger partial charge in [0.05, 0.1) is 38.9 Å². The Labute approximate surface area is 236 Å². The minimum atomic E-state index is -0.702. The number of carbonyl (C=O) groups excluding carboxylic acids is 2. The summed E-state index contributed by atoms with van der Waals surface area (Å²) in [5.41, 5.74) is 2.66. The van der Waals surface area contributed by atoms with E-state index in [-0.39, 0.29) is 28.2 Å². The maximum atomic E-state index is 14.0. The summed E-state index contributed by atoms with van der Waals surface area (Å²) in [5, 5.41) is 0.241. The number of anilines is 1. The zero-order valence-corrected chi connectivity index (χ0v) is 23.2. The van der Waals surface area contributed by atoms with Crippen LogP contribution < -0.4 is 24.5 Å². The number of methoxy groups -OCH3 is 3. The third-order valence-corrected chi connectivity index (χ3v) is 8.00. The largest absolute Gasteiger partial charge is 0.497 e. The number of ether oxygens (including phenoxy) is 3. The maximum Gasteiger partial charge on any atom is 0.238 e. The second kappa shape index (κ2) is 10.3. The number of hydrogen-bond donors (Lipinski definition) is 0. The lowest BCUT2D eigenvalue weighted by atomic mass is 9.71. The number of carbonyl (C=O) groups is 2. The molecule has 8 heteroatoms. The Bertz CT molecular complexity index is 1750. The molecular weight excluding hydrogens is 522 g/mol. The van der Waals surface area contributed by atoms with Crippen LogP contribution in [0.2, 0.25) is 0 Å². The fraction of sp³-hybridized carbons (Fsp3) is 0.242. The van der Waals surface area contributed by atoms with Gasteiger partial charge in [0.2, 0.25) is 11.8 Å². The van der Waals surface area contributed by atoms with Crippen molar-refractivity contribution in [1.82, 2.24) is 0 Å². The number of hydrogen-bond acceptors (Lipinski definition) is 7. The first-order valence-electron chi connectivity index (χ1n) is 13.3. The molecule has 1 aliphatic carbocycles. The maximum absolute atomic E-state index is 14.0. The highest BCUT2D eigenvalue weighted by atomic mass is 16.5. The van der Waals surface area contributed by atoms with Crippen molar-refractivity contribution in [3.8, 4) is 28.6 Å². The van der Waals surface area contributed by atoms with Gasteiger partial charge in [-0.2, -0.15) is 0 Å². The lowest BCUT2D eigenvalue weighted by Crippen LogP contribution is -2.31. The zero-order valence-electron chi connectivity index (χ0n) is 23.2. The van der Waals surface area contributed by atoms with Crippen LogP contribution in [0.25, 0.3) is 22.3 Å².